The summed E-state index contributed by atoms with van der Waals surface area (Å²) in [7, 11) is 0. The molecule has 28 heavy (non-hydrogen) atoms. The molecular weight excluding hydrogens is 376 g/mol. The fourth-order valence-electron chi connectivity index (χ4n) is 2.19. The lowest BCUT2D eigenvalue weighted by Crippen LogP contribution is -2.20. The highest BCUT2D eigenvalue weighted by atomic mass is 16.7. The summed E-state index contributed by atoms with van der Waals surface area (Å²) >= 11 is 0. The van der Waals surface area contributed by atoms with E-state index in [2.05, 4.69) is 0 Å². The molecule has 0 aliphatic heterocycles. The first kappa shape index (κ1) is 22.5. The van der Waals surface area contributed by atoms with Crippen molar-refractivity contribution in [1.82, 2.24) is 0 Å². The summed E-state index contributed by atoms with van der Waals surface area (Å²) in [6, 6.07) is 2.20. The van der Waals surface area contributed by atoms with Crippen molar-refractivity contribution in [3.05, 3.63) is 34.4 Å². The molecule has 0 saturated heterocycles. The van der Waals surface area contributed by atoms with Gasteiger partial charge in [-0.25, -0.2) is 0 Å². The molecule has 150 valence electrons. The summed E-state index contributed by atoms with van der Waals surface area (Å²) in [6.07, 6.45) is -2.55. The maximum absolute atomic E-state index is 11.4. The SMILES string of the molecule is CC(=O)OC(OC(C)=O)c1cc(C(OC(C)=O)OC(C)=O)c(C=O)cc1C=O. The van der Waals surface area contributed by atoms with E-state index in [9.17, 15) is 28.8 Å². The molecule has 0 amide bonds. The number of ether oxygens (including phenoxy) is 4. The van der Waals surface area contributed by atoms with Gasteiger partial charge in [0.1, 0.15) is 0 Å². The van der Waals surface area contributed by atoms with Crippen LogP contribution < -0.4 is 0 Å². The molecule has 0 aliphatic rings. The Balaban J connectivity index is 3.65. The molecule has 0 saturated carbocycles. The van der Waals surface area contributed by atoms with Crippen molar-refractivity contribution in [3.8, 4) is 0 Å². The fourth-order valence-corrected chi connectivity index (χ4v) is 2.19. The molecule has 1 aromatic carbocycles. The highest BCUT2D eigenvalue weighted by molar-refractivity contribution is 5.86. The predicted molar refractivity (Wildman–Crippen MR) is 89.8 cm³/mol. The van der Waals surface area contributed by atoms with Crippen LogP contribution in [0.2, 0.25) is 0 Å². The van der Waals surface area contributed by atoms with E-state index < -0.39 is 36.5 Å². The molecule has 0 aromatic heterocycles. The van der Waals surface area contributed by atoms with E-state index in [1.807, 2.05) is 0 Å². The van der Waals surface area contributed by atoms with E-state index in [-0.39, 0.29) is 22.3 Å². The van der Waals surface area contributed by atoms with Crippen LogP contribution >= 0.6 is 0 Å². The Morgan fingerprint density at radius 2 is 0.929 bits per heavy atom. The number of carbonyl (C=O) groups is 6. The maximum atomic E-state index is 11.4. The smallest absolute Gasteiger partial charge is 0.305 e. The maximum Gasteiger partial charge on any atom is 0.305 e. The van der Waals surface area contributed by atoms with E-state index in [4.69, 9.17) is 18.9 Å². The van der Waals surface area contributed by atoms with Crippen molar-refractivity contribution in [2.75, 3.05) is 0 Å². The number of benzene rings is 1. The van der Waals surface area contributed by atoms with Gasteiger partial charge >= 0.3 is 23.9 Å². The predicted octanol–water partition coefficient (Wildman–Crippen LogP) is 1.56. The Morgan fingerprint density at radius 3 is 1.14 bits per heavy atom. The minimum atomic E-state index is -1.62. The Kier molecular flexibility index (Phi) is 7.99. The van der Waals surface area contributed by atoms with Gasteiger partial charge in [-0.15, -0.1) is 0 Å². The third-order valence-electron chi connectivity index (χ3n) is 3.14. The second-order valence-corrected chi connectivity index (χ2v) is 5.45. The van der Waals surface area contributed by atoms with E-state index in [1.54, 1.807) is 0 Å². The summed E-state index contributed by atoms with van der Waals surface area (Å²) in [5.74, 6) is -3.28. The van der Waals surface area contributed by atoms with Crippen LogP contribution in [0.1, 0.15) is 72.1 Å². The molecule has 10 heteroatoms. The molecule has 1 aromatic rings. The normalized spacial score (nSPS) is 10.2. The van der Waals surface area contributed by atoms with Crippen molar-refractivity contribution in [2.45, 2.75) is 40.3 Å². The average Bonchev–Trinajstić information content (AvgIpc) is 2.57. The lowest BCUT2D eigenvalue weighted by Gasteiger charge is -2.23. The molecule has 10 nitrogen and oxygen atoms in total. The zero-order valence-electron chi connectivity index (χ0n) is 15.5. The largest absolute Gasteiger partial charge is 0.421 e. The van der Waals surface area contributed by atoms with Gasteiger partial charge in [0.05, 0.1) is 0 Å². The Hall–Kier alpha value is -3.56. The van der Waals surface area contributed by atoms with Crippen LogP contribution in [0.25, 0.3) is 0 Å². The van der Waals surface area contributed by atoms with E-state index in [0.29, 0.717) is 12.6 Å². The second-order valence-electron chi connectivity index (χ2n) is 5.45. The highest BCUT2D eigenvalue weighted by Crippen LogP contribution is 2.31. The van der Waals surface area contributed by atoms with Crippen molar-refractivity contribution < 1.29 is 47.7 Å². The minimum absolute atomic E-state index is 0.120. The molecule has 0 bridgehead atoms. The zero-order chi connectivity index (χ0) is 21.4. The molecule has 0 spiro atoms. The first-order chi connectivity index (χ1) is 13.1. The van der Waals surface area contributed by atoms with Gasteiger partial charge in [-0.3, -0.25) is 28.8 Å². The van der Waals surface area contributed by atoms with Crippen molar-refractivity contribution in [1.29, 1.82) is 0 Å². The summed E-state index contributed by atoms with van der Waals surface area (Å²) in [6.45, 7) is 4.22. The molecule has 0 fully saturated rings. The average molecular weight is 394 g/mol. The first-order valence-corrected chi connectivity index (χ1v) is 7.86. The third-order valence-corrected chi connectivity index (χ3v) is 3.14. The van der Waals surface area contributed by atoms with Crippen molar-refractivity contribution in [3.63, 3.8) is 0 Å². The zero-order valence-corrected chi connectivity index (χ0v) is 15.5. The van der Waals surface area contributed by atoms with Gasteiger partial charge < -0.3 is 18.9 Å². The van der Waals surface area contributed by atoms with Crippen LogP contribution in [0.3, 0.4) is 0 Å². The lowest BCUT2D eigenvalue weighted by atomic mass is 9.98. The van der Waals surface area contributed by atoms with Crippen LogP contribution in [0.15, 0.2) is 12.1 Å². The number of aldehydes is 2. The van der Waals surface area contributed by atoms with Gasteiger partial charge in [-0.05, 0) is 12.1 Å². The van der Waals surface area contributed by atoms with Crippen molar-refractivity contribution >= 4 is 36.4 Å². The molecule has 0 heterocycles. The number of carbonyl (C=O) groups excluding carboxylic acids is 6. The van der Waals surface area contributed by atoms with E-state index in [1.165, 1.54) is 0 Å². The summed E-state index contributed by atoms with van der Waals surface area (Å²) in [5.41, 5.74) is -0.513. The van der Waals surface area contributed by atoms with Gasteiger partial charge in [-0.1, -0.05) is 0 Å². The standard InChI is InChI=1S/C18H18O10/c1-9(21)25-17(26-10(2)22)15-6-16(14(8-20)5-13(15)7-19)18(27-11(3)23)28-12(4)24/h5-8,17-18H,1-4H3. The molecule has 0 N–H and O–H groups in total. The summed E-state index contributed by atoms with van der Waals surface area (Å²) in [4.78, 5) is 68.3. The first-order valence-electron chi connectivity index (χ1n) is 7.86. The number of esters is 4. The van der Waals surface area contributed by atoms with Crippen LogP contribution in [-0.4, -0.2) is 36.4 Å². The van der Waals surface area contributed by atoms with E-state index in [0.717, 1.165) is 39.8 Å². The molecular formula is C18H18O10. The molecule has 0 unspecified atom stereocenters. The molecule has 0 radical (unpaired) electrons. The Labute approximate surface area is 159 Å². The number of rotatable bonds is 8. The van der Waals surface area contributed by atoms with Crippen LogP contribution in [0, 0.1) is 0 Å². The van der Waals surface area contributed by atoms with Gasteiger partial charge in [0.25, 0.3) is 12.6 Å². The van der Waals surface area contributed by atoms with Crippen LogP contribution in [-0.2, 0) is 38.1 Å². The van der Waals surface area contributed by atoms with Gasteiger partial charge in [0.2, 0.25) is 0 Å². The monoisotopic (exact) mass is 394 g/mol. The van der Waals surface area contributed by atoms with Crippen LogP contribution in [0.4, 0.5) is 0 Å². The molecule has 0 aliphatic carbocycles. The number of hydrogen-bond acceptors (Lipinski definition) is 10. The highest BCUT2D eigenvalue weighted by Gasteiger charge is 2.28. The third kappa shape index (κ3) is 6.31. The Morgan fingerprint density at radius 1 is 0.643 bits per heavy atom. The molecule has 1 rings (SSSR count). The van der Waals surface area contributed by atoms with Gasteiger partial charge in [-0.2, -0.15) is 0 Å². The minimum Gasteiger partial charge on any atom is -0.421 e. The molecule has 0 atom stereocenters. The van der Waals surface area contributed by atoms with Gasteiger partial charge in [0.15, 0.2) is 12.6 Å². The summed E-state index contributed by atoms with van der Waals surface area (Å²) < 4.78 is 19.7. The second kappa shape index (κ2) is 9.95. The summed E-state index contributed by atoms with van der Waals surface area (Å²) in [5, 5.41) is 0. The van der Waals surface area contributed by atoms with Crippen LogP contribution in [0.5, 0.6) is 0 Å². The number of hydrogen-bond donors (Lipinski definition) is 0. The quantitative estimate of drug-likeness (QED) is 0.362. The van der Waals surface area contributed by atoms with Crippen molar-refractivity contribution in [2.24, 2.45) is 0 Å². The van der Waals surface area contributed by atoms with E-state index >= 15 is 0 Å². The topological polar surface area (TPSA) is 139 Å². The lowest BCUT2D eigenvalue weighted by molar-refractivity contribution is -0.187. The fraction of sp³-hybridized carbons (Fsp3) is 0.333. The van der Waals surface area contributed by atoms with Gasteiger partial charge in [0, 0.05) is 49.9 Å². The Bertz CT molecular complexity index is 716.